The molecule has 3 aromatic rings. The first-order valence-corrected chi connectivity index (χ1v) is 8.03. The predicted octanol–water partition coefficient (Wildman–Crippen LogP) is 4.47. The molecule has 0 saturated heterocycles. The second kappa shape index (κ2) is 7.06. The van der Waals surface area contributed by atoms with Crippen LogP contribution in [0.3, 0.4) is 0 Å². The van der Waals surface area contributed by atoms with Crippen LogP contribution in [-0.4, -0.2) is 26.9 Å². The van der Waals surface area contributed by atoms with E-state index in [-0.39, 0.29) is 12.0 Å². The molecule has 0 aliphatic heterocycles. The van der Waals surface area contributed by atoms with E-state index >= 15 is 0 Å². The largest absolute Gasteiger partial charge is 0.495 e. The minimum atomic E-state index is -0.393. The lowest BCUT2D eigenvalue weighted by atomic mass is 10.2. The Morgan fingerprint density at radius 2 is 2.08 bits per heavy atom. The van der Waals surface area contributed by atoms with Gasteiger partial charge in [-0.3, -0.25) is 4.68 Å². The van der Waals surface area contributed by atoms with E-state index < -0.39 is 5.82 Å². The summed E-state index contributed by atoms with van der Waals surface area (Å²) < 4.78 is 20.5. The first kappa shape index (κ1) is 17.2. The van der Waals surface area contributed by atoms with Gasteiger partial charge in [0.15, 0.2) is 0 Å². The molecule has 0 atom stereocenters. The maximum atomic E-state index is 13.5. The third-order valence-electron chi connectivity index (χ3n) is 3.56. The van der Waals surface area contributed by atoms with Gasteiger partial charge in [-0.25, -0.2) is 14.4 Å². The van der Waals surface area contributed by atoms with Gasteiger partial charge in [0.1, 0.15) is 11.6 Å². The zero-order valence-corrected chi connectivity index (χ0v) is 14.8. The minimum absolute atomic E-state index is 0.225. The smallest absolute Gasteiger partial charge is 0.227 e. The fraction of sp³-hybridized carbons (Fsp3) is 0.235. The van der Waals surface area contributed by atoms with E-state index in [0.29, 0.717) is 22.2 Å². The highest BCUT2D eigenvalue weighted by molar-refractivity contribution is 6.32. The predicted molar refractivity (Wildman–Crippen MR) is 94.9 cm³/mol. The van der Waals surface area contributed by atoms with Crippen molar-refractivity contribution >= 4 is 23.2 Å². The number of halogens is 2. The molecule has 0 radical (unpaired) electrons. The van der Waals surface area contributed by atoms with Crippen molar-refractivity contribution in [3.63, 3.8) is 0 Å². The molecule has 8 heteroatoms. The van der Waals surface area contributed by atoms with Crippen LogP contribution in [0.4, 0.5) is 16.0 Å². The maximum Gasteiger partial charge on any atom is 0.227 e. The van der Waals surface area contributed by atoms with E-state index in [1.807, 2.05) is 24.7 Å². The second-order valence-electron chi connectivity index (χ2n) is 5.66. The van der Waals surface area contributed by atoms with Crippen molar-refractivity contribution in [2.24, 2.45) is 0 Å². The summed E-state index contributed by atoms with van der Waals surface area (Å²) >= 11 is 6.23. The van der Waals surface area contributed by atoms with Crippen LogP contribution in [0.2, 0.25) is 5.02 Å². The van der Waals surface area contributed by atoms with Crippen molar-refractivity contribution < 1.29 is 9.13 Å². The Hall–Kier alpha value is -2.67. The Kier molecular flexibility index (Phi) is 4.85. The molecule has 0 amide bonds. The number of hydrogen-bond acceptors (Lipinski definition) is 5. The number of benzene rings is 1. The van der Waals surface area contributed by atoms with Crippen molar-refractivity contribution in [1.29, 1.82) is 0 Å². The maximum absolute atomic E-state index is 13.5. The molecule has 0 aliphatic carbocycles. The molecule has 25 heavy (non-hydrogen) atoms. The number of aromatic nitrogens is 4. The summed E-state index contributed by atoms with van der Waals surface area (Å²) in [6.45, 7) is 4.06. The molecule has 0 unspecified atom stereocenters. The third kappa shape index (κ3) is 3.71. The molecule has 2 heterocycles. The number of methoxy groups -OCH3 is 1. The van der Waals surface area contributed by atoms with E-state index in [1.165, 1.54) is 31.5 Å². The number of hydrogen-bond donors (Lipinski definition) is 1. The lowest BCUT2D eigenvalue weighted by Crippen LogP contribution is -2.01. The summed E-state index contributed by atoms with van der Waals surface area (Å²) in [5.74, 6) is 0.366. The molecular weight excluding hydrogens is 345 g/mol. The first-order valence-electron chi connectivity index (χ1n) is 7.65. The Morgan fingerprint density at radius 3 is 2.76 bits per heavy atom. The number of rotatable bonds is 5. The van der Waals surface area contributed by atoms with Crippen LogP contribution in [0.15, 0.2) is 36.8 Å². The summed E-state index contributed by atoms with van der Waals surface area (Å²) in [6, 6.07) is 4.39. The molecule has 0 aliphatic rings. The van der Waals surface area contributed by atoms with Gasteiger partial charge in [0.25, 0.3) is 0 Å². The van der Waals surface area contributed by atoms with Crippen LogP contribution in [0.25, 0.3) is 11.3 Å². The van der Waals surface area contributed by atoms with Crippen LogP contribution in [0.5, 0.6) is 5.75 Å². The number of nitrogens with one attached hydrogen (secondary N) is 1. The van der Waals surface area contributed by atoms with Crippen LogP contribution in [-0.2, 0) is 0 Å². The topological polar surface area (TPSA) is 64.9 Å². The third-order valence-corrected chi connectivity index (χ3v) is 3.83. The van der Waals surface area contributed by atoms with Crippen LogP contribution in [0.1, 0.15) is 19.9 Å². The van der Waals surface area contributed by atoms with E-state index in [2.05, 4.69) is 20.4 Å². The zero-order valence-electron chi connectivity index (χ0n) is 14.0. The summed E-state index contributed by atoms with van der Waals surface area (Å²) in [5, 5.41) is 7.65. The van der Waals surface area contributed by atoms with E-state index in [1.54, 1.807) is 6.20 Å². The van der Waals surface area contributed by atoms with Crippen molar-refractivity contribution in [3.05, 3.63) is 47.6 Å². The Labute approximate surface area is 149 Å². The van der Waals surface area contributed by atoms with Gasteiger partial charge in [0.2, 0.25) is 5.95 Å². The molecule has 0 fully saturated rings. The zero-order chi connectivity index (χ0) is 18.0. The van der Waals surface area contributed by atoms with Gasteiger partial charge < -0.3 is 10.1 Å². The van der Waals surface area contributed by atoms with E-state index in [0.717, 1.165) is 5.56 Å². The van der Waals surface area contributed by atoms with Gasteiger partial charge in [-0.15, -0.1) is 0 Å². The number of nitrogens with zero attached hydrogens (tertiary/aromatic N) is 4. The standard InChI is InChI=1S/C17H17ClFN5O/c1-10(2)24-9-11(7-21-24)16-13(18)8-20-17(23-16)22-14-6-12(19)4-5-15(14)25-3/h4-10H,1-3H3,(H,20,22,23). The highest BCUT2D eigenvalue weighted by Gasteiger charge is 2.13. The second-order valence-corrected chi connectivity index (χ2v) is 6.07. The normalized spacial score (nSPS) is 11.0. The molecule has 1 aromatic carbocycles. The molecule has 0 bridgehead atoms. The van der Waals surface area contributed by atoms with Gasteiger partial charge in [-0.05, 0) is 26.0 Å². The average Bonchev–Trinajstić information content (AvgIpc) is 3.07. The van der Waals surface area contributed by atoms with Gasteiger partial charge >= 0.3 is 0 Å². The highest BCUT2D eigenvalue weighted by Crippen LogP contribution is 2.30. The van der Waals surface area contributed by atoms with Crippen LogP contribution >= 0.6 is 11.6 Å². The molecule has 6 nitrogen and oxygen atoms in total. The van der Waals surface area contributed by atoms with Crippen molar-refractivity contribution in [3.8, 4) is 17.0 Å². The molecule has 1 N–H and O–H groups in total. The molecular formula is C17H17ClFN5O. The first-order chi connectivity index (χ1) is 12.0. The van der Waals surface area contributed by atoms with E-state index in [4.69, 9.17) is 16.3 Å². The Bertz CT molecular complexity index is 896. The lowest BCUT2D eigenvalue weighted by Gasteiger charge is -2.11. The molecule has 0 saturated carbocycles. The average molecular weight is 362 g/mol. The quantitative estimate of drug-likeness (QED) is 0.726. The molecule has 3 rings (SSSR count). The monoisotopic (exact) mass is 361 g/mol. The SMILES string of the molecule is COc1ccc(F)cc1Nc1ncc(Cl)c(-c2cnn(C(C)C)c2)n1. The van der Waals surface area contributed by atoms with Crippen molar-refractivity contribution in [2.45, 2.75) is 19.9 Å². The van der Waals surface area contributed by atoms with Crippen molar-refractivity contribution in [2.75, 3.05) is 12.4 Å². The van der Waals surface area contributed by atoms with Crippen LogP contribution < -0.4 is 10.1 Å². The van der Waals surface area contributed by atoms with Gasteiger partial charge in [0, 0.05) is 23.9 Å². The van der Waals surface area contributed by atoms with Gasteiger partial charge in [-0.1, -0.05) is 11.6 Å². The van der Waals surface area contributed by atoms with Gasteiger partial charge in [-0.2, -0.15) is 5.10 Å². The highest BCUT2D eigenvalue weighted by atomic mass is 35.5. The number of ether oxygens (including phenoxy) is 1. The summed E-state index contributed by atoms with van der Waals surface area (Å²) in [7, 11) is 1.51. The summed E-state index contributed by atoms with van der Waals surface area (Å²) in [6.07, 6.45) is 5.05. The Morgan fingerprint density at radius 1 is 1.28 bits per heavy atom. The molecule has 130 valence electrons. The fourth-order valence-electron chi connectivity index (χ4n) is 2.27. The van der Waals surface area contributed by atoms with Crippen LogP contribution in [0, 0.1) is 5.82 Å². The fourth-order valence-corrected chi connectivity index (χ4v) is 2.47. The Balaban J connectivity index is 1.95. The van der Waals surface area contributed by atoms with Crippen molar-refractivity contribution in [1.82, 2.24) is 19.7 Å². The minimum Gasteiger partial charge on any atom is -0.495 e. The molecule has 2 aromatic heterocycles. The summed E-state index contributed by atoms with van der Waals surface area (Å²) in [5.41, 5.74) is 1.74. The van der Waals surface area contributed by atoms with Gasteiger partial charge in [0.05, 0.1) is 35.9 Å². The molecule has 0 spiro atoms. The lowest BCUT2D eigenvalue weighted by molar-refractivity contribution is 0.415. The van der Waals surface area contributed by atoms with E-state index in [9.17, 15) is 4.39 Å². The summed E-state index contributed by atoms with van der Waals surface area (Å²) in [4.78, 5) is 8.58. The number of anilines is 2.